The Morgan fingerprint density at radius 1 is 1.22 bits per heavy atom. The second kappa shape index (κ2) is 8.86. The number of hydrogen-bond donors (Lipinski definition) is 1. The molecule has 0 aromatic carbocycles. The van der Waals surface area contributed by atoms with Crippen LogP contribution in [0.2, 0.25) is 0 Å². The summed E-state index contributed by atoms with van der Waals surface area (Å²) in [5, 5.41) is 0. The highest BCUT2D eigenvalue weighted by Crippen LogP contribution is 2.19. The van der Waals surface area contributed by atoms with Gasteiger partial charge in [0.25, 0.3) is 0 Å². The van der Waals surface area contributed by atoms with Crippen molar-refractivity contribution in [2.45, 2.75) is 52.4 Å². The second-order valence-corrected chi connectivity index (χ2v) is 5.05. The molecule has 0 spiro atoms. The molecular weight excluding hydrogens is 228 g/mol. The normalized spacial score (nSPS) is 25.8. The fourth-order valence-electron chi connectivity index (χ4n) is 2.64. The minimum Gasteiger partial charge on any atom is -0.353 e. The van der Waals surface area contributed by atoms with Crippen LogP contribution >= 0.6 is 0 Å². The molecule has 2 atom stereocenters. The minimum atomic E-state index is -0.0457. The average Bonchev–Trinajstić information content (AvgIpc) is 2.38. The fraction of sp³-hybridized carbons (Fsp3) is 1.00. The van der Waals surface area contributed by atoms with E-state index in [2.05, 4.69) is 11.8 Å². The Morgan fingerprint density at radius 3 is 2.44 bits per heavy atom. The van der Waals surface area contributed by atoms with Crippen molar-refractivity contribution < 1.29 is 9.47 Å². The van der Waals surface area contributed by atoms with Crippen molar-refractivity contribution in [2.75, 3.05) is 32.8 Å². The van der Waals surface area contributed by atoms with Crippen LogP contribution in [0.4, 0.5) is 0 Å². The summed E-state index contributed by atoms with van der Waals surface area (Å²) in [6, 6.07) is 0.390. The zero-order valence-electron chi connectivity index (χ0n) is 12.2. The van der Waals surface area contributed by atoms with Crippen molar-refractivity contribution in [1.82, 2.24) is 4.90 Å². The number of rotatable bonds is 8. The molecular formula is C14H30N2O2. The first kappa shape index (κ1) is 15.9. The monoisotopic (exact) mass is 258 g/mol. The molecule has 18 heavy (non-hydrogen) atoms. The maximum absolute atomic E-state index is 6.13. The number of likely N-dealkylation sites (tertiary alicyclic amines) is 1. The van der Waals surface area contributed by atoms with Crippen LogP contribution in [0, 0.1) is 5.92 Å². The molecule has 2 unspecified atom stereocenters. The van der Waals surface area contributed by atoms with Gasteiger partial charge in [0.2, 0.25) is 0 Å². The van der Waals surface area contributed by atoms with E-state index in [0.29, 0.717) is 25.2 Å². The molecule has 0 aliphatic carbocycles. The van der Waals surface area contributed by atoms with Crippen molar-refractivity contribution in [3.63, 3.8) is 0 Å². The van der Waals surface area contributed by atoms with E-state index in [4.69, 9.17) is 15.2 Å². The largest absolute Gasteiger partial charge is 0.353 e. The van der Waals surface area contributed by atoms with E-state index in [1.165, 1.54) is 6.42 Å². The molecule has 1 aliphatic rings. The van der Waals surface area contributed by atoms with Gasteiger partial charge in [-0.2, -0.15) is 0 Å². The van der Waals surface area contributed by atoms with Crippen LogP contribution in [0.1, 0.15) is 40.0 Å². The SMILES string of the molecule is CCOC(CCN1CCC(N)C(CC)C1)OCC. The standard InChI is InChI=1S/C14H30N2O2/c1-4-12-11-16(9-7-13(12)15)10-8-14(17-5-2)18-6-3/h12-14H,4-11,15H2,1-3H3. The third-order valence-corrected chi connectivity index (χ3v) is 3.79. The molecule has 0 aromatic rings. The Labute approximate surface area is 112 Å². The molecule has 108 valence electrons. The molecule has 2 N–H and O–H groups in total. The second-order valence-electron chi connectivity index (χ2n) is 5.05. The van der Waals surface area contributed by atoms with E-state index >= 15 is 0 Å². The van der Waals surface area contributed by atoms with Crippen LogP contribution in [-0.2, 0) is 9.47 Å². The lowest BCUT2D eigenvalue weighted by molar-refractivity contribution is -0.142. The van der Waals surface area contributed by atoms with Crippen molar-refractivity contribution in [2.24, 2.45) is 11.7 Å². The molecule has 0 aromatic heterocycles. The average molecular weight is 258 g/mol. The van der Waals surface area contributed by atoms with Crippen LogP contribution in [-0.4, -0.2) is 50.1 Å². The van der Waals surface area contributed by atoms with Gasteiger partial charge in [0.1, 0.15) is 0 Å². The lowest BCUT2D eigenvalue weighted by atomic mass is 9.90. The number of ether oxygens (including phenoxy) is 2. The quantitative estimate of drug-likeness (QED) is 0.675. The van der Waals surface area contributed by atoms with Gasteiger partial charge in [0.15, 0.2) is 6.29 Å². The molecule has 1 heterocycles. The summed E-state index contributed by atoms with van der Waals surface area (Å²) in [7, 11) is 0. The fourth-order valence-corrected chi connectivity index (χ4v) is 2.64. The molecule has 1 fully saturated rings. The van der Waals surface area contributed by atoms with Gasteiger partial charge in [0.05, 0.1) is 0 Å². The molecule has 0 radical (unpaired) electrons. The number of hydrogen-bond acceptors (Lipinski definition) is 4. The van der Waals surface area contributed by atoms with E-state index in [-0.39, 0.29) is 6.29 Å². The van der Waals surface area contributed by atoms with Gasteiger partial charge >= 0.3 is 0 Å². The maximum atomic E-state index is 6.13. The maximum Gasteiger partial charge on any atom is 0.158 e. The predicted molar refractivity (Wildman–Crippen MR) is 74.5 cm³/mol. The highest BCUT2D eigenvalue weighted by molar-refractivity contribution is 4.82. The van der Waals surface area contributed by atoms with Crippen molar-refractivity contribution >= 4 is 0 Å². The van der Waals surface area contributed by atoms with Crippen LogP contribution in [0.3, 0.4) is 0 Å². The molecule has 1 aliphatic heterocycles. The Morgan fingerprint density at radius 2 is 1.89 bits per heavy atom. The van der Waals surface area contributed by atoms with E-state index in [1.807, 2.05) is 13.8 Å². The Bertz CT molecular complexity index is 208. The summed E-state index contributed by atoms with van der Waals surface area (Å²) < 4.78 is 11.1. The highest BCUT2D eigenvalue weighted by atomic mass is 16.7. The van der Waals surface area contributed by atoms with E-state index < -0.39 is 0 Å². The summed E-state index contributed by atoms with van der Waals surface area (Å²) in [5.41, 5.74) is 6.13. The third-order valence-electron chi connectivity index (χ3n) is 3.79. The predicted octanol–water partition coefficient (Wildman–Crippen LogP) is 1.83. The van der Waals surface area contributed by atoms with Crippen LogP contribution in [0.15, 0.2) is 0 Å². The number of piperidine rings is 1. The molecule has 0 amide bonds. The van der Waals surface area contributed by atoms with Crippen molar-refractivity contribution in [3.8, 4) is 0 Å². The first-order chi connectivity index (χ1) is 8.71. The van der Waals surface area contributed by atoms with Crippen molar-refractivity contribution in [1.29, 1.82) is 0 Å². The van der Waals surface area contributed by atoms with Gasteiger partial charge in [-0.05, 0) is 32.7 Å². The molecule has 4 heteroatoms. The van der Waals surface area contributed by atoms with E-state index in [9.17, 15) is 0 Å². The van der Waals surface area contributed by atoms with Gasteiger partial charge in [-0.3, -0.25) is 0 Å². The third kappa shape index (κ3) is 5.22. The topological polar surface area (TPSA) is 47.7 Å². The van der Waals surface area contributed by atoms with E-state index in [0.717, 1.165) is 32.5 Å². The first-order valence-electron chi connectivity index (χ1n) is 7.42. The van der Waals surface area contributed by atoms with Crippen LogP contribution in [0.25, 0.3) is 0 Å². The Hall–Kier alpha value is -0.160. The zero-order valence-corrected chi connectivity index (χ0v) is 12.2. The molecule has 4 nitrogen and oxygen atoms in total. The molecule has 0 saturated carbocycles. The lowest BCUT2D eigenvalue weighted by Crippen LogP contribution is -2.47. The molecule has 0 bridgehead atoms. The van der Waals surface area contributed by atoms with Crippen LogP contribution < -0.4 is 5.73 Å². The highest BCUT2D eigenvalue weighted by Gasteiger charge is 2.25. The lowest BCUT2D eigenvalue weighted by Gasteiger charge is -2.37. The smallest absolute Gasteiger partial charge is 0.158 e. The summed E-state index contributed by atoms with van der Waals surface area (Å²) >= 11 is 0. The Balaban J connectivity index is 2.29. The van der Waals surface area contributed by atoms with Crippen molar-refractivity contribution in [3.05, 3.63) is 0 Å². The summed E-state index contributed by atoms with van der Waals surface area (Å²) in [6.45, 7) is 11.0. The van der Waals surface area contributed by atoms with Gasteiger partial charge in [-0.25, -0.2) is 0 Å². The van der Waals surface area contributed by atoms with Gasteiger partial charge < -0.3 is 20.1 Å². The van der Waals surface area contributed by atoms with Gasteiger partial charge in [-0.1, -0.05) is 13.3 Å². The van der Waals surface area contributed by atoms with Gasteiger partial charge in [0, 0.05) is 38.8 Å². The summed E-state index contributed by atoms with van der Waals surface area (Å²) in [5.74, 6) is 0.649. The molecule has 1 saturated heterocycles. The first-order valence-corrected chi connectivity index (χ1v) is 7.42. The minimum absolute atomic E-state index is 0.0457. The van der Waals surface area contributed by atoms with Crippen LogP contribution in [0.5, 0.6) is 0 Å². The van der Waals surface area contributed by atoms with Gasteiger partial charge in [-0.15, -0.1) is 0 Å². The molecule has 1 rings (SSSR count). The Kier molecular flexibility index (Phi) is 7.82. The summed E-state index contributed by atoms with van der Waals surface area (Å²) in [4.78, 5) is 2.50. The summed E-state index contributed by atoms with van der Waals surface area (Å²) in [6.07, 6.45) is 3.20. The number of nitrogens with zero attached hydrogens (tertiary/aromatic N) is 1. The van der Waals surface area contributed by atoms with E-state index in [1.54, 1.807) is 0 Å². The number of nitrogens with two attached hydrogens (primary N) is 1. The zero-order chi connectivity index (χ0) is 13.4.